The molecule has 1 aliphatic heterocycles. The van der Waals surface area contributed by atoms with E-state index in [4.69, 9.17) is 4.42 Å². The highest BCUT2D eigenvalue weighted by molar-refractivity contribution is 5.92. The van der Waals surface area contributed by atoms with E-state index in [9.17, 15) is 4.79 Å². The molecule has 2 aliphatic rings. The van der Waals surface area contributed by atoms with Crippen LogP contribution in [0.2, 0.25) is 0 Å². The number of furan rings is 1. The number of hydrogen-bond donors (Lipinski definition) is 1. The number of carbonyl (C=O) groups is 1. The van der Waals surface area contributed by atoms with Crippen LogP contribution in [0.5, 0.6) is 0 Å². The van der Waals surface area contributed by atoms with Gasteiger partial charge in [-0.2, -0.15) is 0 Å². The van der Waals surface area contributed by atoms with Crippen molar-refractivity contribution < 1.29 is 9.21 Å². The molecule has 1 aromatic heterocycles. The van der Waals surface area contributed by atoms with Crippen LogP contribution in [-0.2, 0) is 0 Å². The molecule has 0 bridgehead atoms. The highest BCUT2D eigenvalue weighted by atomic mass is 16.4. The summed E-state index contributed by atoms with van der Waals surface area (Å²) in [5, 5.41) is 3.10. The first-order valence-corrected chi connectivity index (χ1v) is 7.98. The molecule has 2 heterocycles. The second-order valence-corrected chi connectivity index (χ2v) is 5.99. The molecular formula is C16H24N2O2. The van der Waals surface area contributed by atoms with Crippen LogP contribution in [0.15, 0.2) is 16.5 Å². The van der Waals surface area contributed by atoms with Crippen molar-refractivity contribution in [1.82, 2.24) is 5.32 Å². The van der Waals surface area contributed by atoms with Crippen LogP contribution >= 0.6 is 0 Å². The van der Waals surface area contributed by atoms with Crippen LogP contribution in [0.1, 0.15) is 61.9 Å². The minimum Gasteiger partial charge on any atom is -0.435 e. The van der Waals surface area contributed by atoms with Crippen molar-refractivity contribution in [3.63, 3.8) is 0 Å². The first-order valence-electron chi connectivity index (χ1n) is 7.98. The summed E-state index contributed by atoms with van der Waals surface area (Å²) in [4.78, 5) is 14.4. The summed E-state index contributed by atoms with van der Waals surface area (Å²) in [6.07, 6.45) is 9.67. The molecule has 110 valence electrons. The average molecular weight is 276 g/mol. The standard InChI is InChI=1S/C16H24N2O2/c19-16(17-13-7-3-1-4-8-13)14-9-10-15(20-14)18-11-5-2-6-12-18/h9-10,13H,1-8,11-12H2,(H,17,19). The molecule has 4 nitrogen and oxygen atoms in total. The van der Waals surface area contributed by atoms with Gasteiger partial charge in [0.05, 0.1) is 0 Å². The first kappa shape index (κ1) is 13.5. The summed E-state index contributed by atoms with van der Waals surface area (Å²) in [6, 6.07) is 4.07. The number of nitrogens with one attached hydrogen (secondary N) is 1. The van der Waals surface area contributed by atoms with Crippen LogP contribution < -0.4 is 10.2 Å². The van der Waals surface area contributed by atoms with Crippen molar-refractivity contribution in [3.05, 3.63) is 17.9 Å². The second kappa shape index (κ2) is 6.33. The Labute approximate surface area is 120 Å². The molecule has 0 aromatic carbocycles. The number of rotatable bonds is 3. The second-order valence-electron chi connectivity index (χ2n) is 5.99. The SMILES string of the molecule is O=C(NC1CCCCC1)c1ccc(N2CCCCC2)o1. The van der Waals surface area contributed by atoms with E-state index >= 15 is 0 Å². The van der Waals surface area contributed by atoms with E-state index in [1.165, 1.54) is 38.5 Å². The van der Waals surface area contributed by atoms with E-state index in [2.05, 4.69) is 10.2 Å². The molecule has 0 unspecified atom stereocenters. The van der Waals surface area contributed by atoms with Crippen molar-refractivity contribution in [2.45, 2.75) is 57.4 Å². The number of anilines is 1. The molecule has 1 aromatic rings. The Balaban J connectivity index is 1.58. The lowest BCUT2D eigenvalue weighted by Crippen LogP contribution is -2.36. The number of amides is 1. The number of piperidine rings is 1. The molecule has 20 heavy (non-hydrogen) atoms. The fraction of sp³-hybridized carbons (Fsp3) is 0.688. The Kier molecular flexibility index (Phi) is 4.28. The Morgan fingerprint density at radius 2 is 1.75 bits per heavy atom. The summed E-state index contributed by atoms with van der Waals surface area (Å²) < 4.78 is 5.74. The summed E-state index contributed by atoms with van der Waals surface area (Å²) in [6.45, 7) is 2.08. The van der Waals surface area contributed by atoms with Gasteiger partial charge in [0, 0.05) is 25.2 Å². The number of hydrogen-bond acceptors (Lipinski definition) is 3. The highest BCUT2D eigenvalue weighted by Gasteiger charge is 2.20. The van der Waals surface area contributed by atoms with Gasteiger partial charge in [-0.3, -0.25) is 4.79 Å². The van der Waals surface area contributed by atoms with Gasteiger partial charge in [-0.1, -0.05) is 19.3 Å². The van der Waals surface area contributed by atoms with Crippen LogP contribution in [0.4, 0.5) is 5.88 Å². The lowest BCUT2D eigenvalue weighted by molar-refractivity contribution is 0.0900. The Morgan fingerprint density at radius 1 is 1.05 bits per heavy atom. The van der Waals surface area contributed by atoms with E-state index in [0.29, 0.717) is 11.8 Å². The van der Waals surface area contributed by atoms with Crippen LogP contribution in [0.25, 0.3) is 0 Å². The normalized spacial score (nSPS) is 20.9. The van der Waals surface area contributed by atoms with Gasteiger partial charge in [0.1, 0.15) is 0 Å². The van der Waals surface area contributed by atoms with Crippen LogP contribution in [0.3, 0.4) is 0 Å². The molecule has 1 N–H and O–H groups in total. The lowest BCUT2D eigenvalue weighted by atomic mass is 9.95. The van der Waals surface area contributed by atoms with E-state index in [1.807, 2.05) is 12.1 Å². The van der Waals surface area contributed by atoms with Crippen molar-refractivity contribution in [2.75, 3.05) is 18.0 Å². The number of nitrogens with zero attached hydrogens (tertiary/aromatic N) is 1. The summed E-state index contributed by atoms with van der Waals surface area (Å²) in [5.41, 5.74) is 0. The third kappa shape index (κ3) is 3.17. The van der Waals surface area contributed by atoms with E-state index in [0.717, 1.165) is 31.8 Å². The van der Waals surface area contributed by atoms with Crippen molar-refractivity contribution >= 4 is 11.8 Å². The molecule has 0 radical (unpaired) electrons. The zero-order valence-corrected chi connectivity index (χ0v) is 12.1. The Bertz CT molecular complexity index is 443. The van der Waals surface area contributed by atoms with Gasteiger partial charge in [-0.25, -0.2) is 0 Å². The van der Waals surface area contributed by atoms with Crippen LogP contribution in [-0.4, -0.2) is 25.0 Å². The summed E-state index contributed by atoms with van der Waals surface area (Å²) in [7, 11) is 0. The maximum absolute atomic E-state index is 12.2. The maximum atomic E-state index is 12.2. The number of carbonyl (C=O) groups excluding carboxylic acids is 1. The fourth-order valence-corrected chi connectivity index (χ4v) is 3.24. The monoisotopic (exact) mass is 276 g/mol. The van der Waals surface area contributed by atoms with Crippen LogP contribution in [0, 0.1) is 0 Å². The largest absolute Gasteiger partial charge is 0.435 e. The minimum absolute atomic E-state index is 0.0554. The van der Waals surface area contributed by atoms with Gasteiger partial charge in [-0.15, -0.1) is 0 Å². The molecule has 1 saturated heterocycles. The molecule has 3 rings (SSSR count). The molecule has 1 saturated carbocycles. The first-order chi connectivity index (χ1) is 9.83. The van der Waals surface area contributed by atoms with Crippen molar-refractivity contribution in [1.29, 1.82) is 0 Å². The highest BCUT2D eigenvalue weighted by Crippen LogP contribution is 2.23. The van der Waals surface area contributed by atoms with Gasteiger partial charge in [0.15, 0.2) is 11.6 Å². The van der Waals surface area contributed by atoms with Gasteiger partial charge in [0.25, 0.3) is 5.91 Å². The predicted octanol–water partition coefficient (Wildman–Crippen LogP) is 3.33. The molecule has 0 atom stereocenters. The average Bonchev–Trinajstić information content (AvgIpc) is 2.99. The Morgan fingerprint density at radius 3 is 2.50 bits per heavy atom. The predicted molar refractivity (Wildman–Crippen MR) is 79.1 cm³/mol. The van der Waals surface area contributed by atoms with E-state index in [-0.39, 0.29) is 5.91 Å². The molecule has 0 spiro atoms. The maximum Gasteiger partial charge on any atom is 0.287 e. The zero-order valence-electron chi connectivity index (χ0n) is 12.1. The van der Waals surface area contributed by atoms with Crippen molar-refractivity contribution in [3.8, 4) is 0 Å². The quantitative estimate of drug-likeness (QED) is 0.921. The lowest BCUT2D eigenvalue weighted by Gasteiger charge is -2.26. The topological polar surface area (TPSA) is 45.5 Å². The van der Waals surface area contributed by atoms with Crippen molar-refractivity contribution in [2.24, 2.45) is 0 Å². The summed E-state index contributed by atoms with van der Waals surface area (Å²) >= 11 is 0. The molecular weight excluding hydrogens is 252 g/mol. The molecule has 1 amide bonds. The smallest absolute Gasteiger partial charge is 0.287 e. The third-order valence-corrected chi connectivity index (χ3v) is 4.42. The van der Waals surface area contributed by atoms with E-state index < -0.39 is 0 Å². The molecule has 1 aliphatic carbocycles. The molecule has 4 heteroatoms. The van der Waals surface area contributed by atoms with Gasteiger partial charge in [-0.05, 0) is 38.2 Å². The van der Waals surface area contributed by atoms with E-state index in [1.54, 1.807) is 0 Å². The van der Waals surface area contributed by atoms with Gasteiger partial charge in [0.2, 0.25) is 0 Å². The van der Waals surface area contributed by atoms with Gasteiger partial charge < -0.3 is 14.6 Å². The molecule has 2 fully saturated rings. The zero-order chi connectivity index (χ0) is 13.8. The third-order valence-electron chi connectivity index (χ3n) is 4.42. The fourth-order valence-electron chi connectivity index (χ4n) is 3.24. The minimum atomic E-state index is -0.0554. The van der Waals surface area contributed by atoms with Gasteiger partial charge >= 0.3 is 0 Å². The summed E-state index contributed by atoms with van der Waals surface area (Å²) in [5.74, 6) is 1.25. The Hall–Kier alpha value is -1.45.